The van der Waals surface area contributed by atoms with Crippen LogP contribution < -0.4 is 20.5 Å². The Morgan fingerprint density at radius 2 is 1.70 bits per heavy atom. The van der Waals surface area contributed by atoms with Crippen LogP contribution in [0.5, 0.6) is 0 Å². The fraction of sp³-hybridized carbons (Fsp3) is 0.103. The van der Waals surface area contributed by atoms with E-state index in [2.05, 4.69) is 31.9 Å². The smallest absolute Gasteiger partial charge is 0.338 e. The average Bonchev–Trinajstić information content (AvgIpc) is 3.24. The van der Waals surface area contributed by atoms with E-state index < -0.39 is 27.3 Å². The van der Waals surface area contributed by atoms with E-state index in [0.29, 0.717) is 10.0 Å². The maximum atomic E-state index is 14.2. The van der Waals surface area contributed by atoms with Gasteiger partial charge in [-0.2, -0.15) is 0 Å². The van der Waals surface area contributed by atoms with Crippen molar-refractivity contribution in [2.24, 2.45) is 5.73 Å². The number of carbonyl (C=O) groups excluding carboxylic acids is 1. The molecule has 0 unspecified atom stereocenters. The number of carbonyl (C=O) groups is 1. The Balaban J connectivity index is 1.94. The normalized spacial score (nSPS) is 15.7. The molecule has 0 saturated carbocycles. The standard InChI is InChI=1S/C29H22Br2N2O5S2/c1-2-38-29(35)24-23(18-9-7-11-20(31)16-18)25(40(36,37)21-12-4-3-5-13-21)26(32)33-27(34)22(39-28(24)33)15-17-8-6-10-19(30)14-17/h3-16,23H,2,32H2,1H3/t23-/m1/s1. The summed E-state index contributed by atoms with van der Waals surface area (Å²) in [6, 6.07) is 22.2. The molecule has 0 fully saturated rings. The molecule has 4 aromatic rings. The number of nitrogens with zero attached hydrogens (tertiary/aromatic N) is 1. The Bertz CT molecular complexity index is 1960. The largest absolute Gasteiger partial charge is 0.463 e. The SMILES string of the molecule is CCOC(=O)C1=c2sc(=Cc3cccc(Br)c3)c(=O)n2C(N)=C(S(=O)(=O)c2ccccc2)[C@@H]1c1cccc(Br)c1. The molecule has 0 saturated heterocycles. The van der Waals surface area contributed by atoms with E-state index in [-0.39, 0.29) is 37.0 Å². The number of allylic oxidation sites excluding steroid dienone is 1. The second-order valence-electron chi connectivity index (χ2n) is 8.80. The van der Waals surface area contributed by atoms with Crippen LogP contribution in [0.3, 0.4) is 0 Å². The first kappa shape index (κ1) is 28.3. The fourth-order valence-corrected chi connectivity index (χ4v) is 8.28. The summed E-state index contributed by atoms with van der Waals surface area (Å²) >= 11 is 7.95. The van der Waals surface area contributed by atoms with Crippen LogP contribution in [0.2, 0.25) is 0 Å². The minimum absolute atomic E-state index is 0.0104. The maximum absolute atomic E-state index is 14.2. The molecule has 5 rings (SSSR count). The lowest BCUT2D eigenvalue weighted by atomic mass is 9.89. The molecule has 0 radical (unpaired) electrons. The second kappa shape index (κ2) is 11.3. The van der Waals surface area contributed by atoms with Gasteiger partial charge in [-0.15, -0.1) is 11.3 Å². The maximum Gasteiger partial charge on any atom is 0.338 e. The molecule has 0 spiro atoms. The summed E-state index contributed by atoms with van der Waals surface area (Å²) in [5.74, 6) is -2.12. The third kappa shape index (κ3) is 5.14. The van der Waals surface area contributed by atoms with Crippen molar-refractivity contribution in [2.75, 3.05) is 6.61 Å². The highest BCUT2D eigenvalue weighted by Gasteiger charge is 2.42. The molecule has 7 nitrogen and oxygen atoms in total. The highest BCUT2D eigenvalue weighted by molar-refractivity contribution is 9.10. The first-order chi connectivity index (χ1) is 19.1. The van der Waals surface area contributed by atoms with Gasteiger partial charge in [0.2, 0.25) is 9.84 Å². The number of sulfone groups is 1. The third-order valence-electron chi connectivity index (χ3n) is 6.27. The first-order valence-corrected chi connectivity index (χ1v) is 16.0. The van der Waals surface area contributed by atoms with Crippen molar-refractivity contribution in [1.29, 1.82) is 0 Å². The van der Waals surface area contributed by atoms with Crippen molar-refractivity contribution in [1.82, 2.24) is 4.57 Å². The summed E-state index contributed by atoms with van der Waals surface area (Å²) in [5.41, 5.74) is 7.35. The van der Waals surface area contributed by atoms with Crippen molar-refractivity contribution in [2.45, 2.75) is 17.7 Å². The number of hydrogen-bond donors (Lipinski definition) is 1. The van der Waals surface area contributed by atoms with E-state index >= 15 is 0 Å². The molecular formula is C29H22Br2N2O5S2. The lowest BCUT2D eigenvalue weighted by molar-refractivity contribution is -0.136. The molecule has 0 amide bonds. The Hall–Kier alpha value is -3.25. The molecule has 1 atom stereocenters. The molecule has 1 aliphatic rings. The molecule has 2 heterocycles. The molecule has 2 N–H and O–H groups in total. The van der Waals surface area contributed by atoms with Crippen molar-refractivity contribution < 1.29 is 17.9 Å². The number of hydrogen-bond acceptors (Lipinski definition) is 7. The molecule has 11 heteroatoms. The number of halogens is 2. The number of ether oxygens (including phenoxy) is 1. The second-order valence-corrected chi connectivity index (χ2v) is 13.6. The topological polar surface area (TPSA) is 108 Å². The number of rotatable bonds is 6. The van der Waals surface area contributed by atoms with Crippen LogP contribution in [0.15, 0.2) is 102 Å². The van der Waals surface area contributed by atoms with Crippen LogP contribution >= 0.6 is 43.2 Å². The van der Waals surface area contributed by atoms with Gasteiger partial charge in [0.1, 0.15) is 15.4 Å². The van der Waals surface area contributed by atoms with E-state index in [1.54, 1.807) is 55.5 Å². The predicted molar refractivity (Wildman–Crippen MR) is 163 cm³/mol. The van der Waals surface area contributed by atoms with Crippen LogP contribution in [-0.2, 0) is 19.4 Å². The van der Waals surface area contributed by atoms with Crippen LogP contribution in [0, 0.1) is 0 Å². The summed E-state index contributed by atoms with van der Waals surface area (Å²) in [6.07, 6.45) is 1.68. The molecule has 1 aliphatic heterocycles. The monoisotopic (exact) mass is 700 g/mol. The highest BCUT2D eigenvalue weighted by atomic mass is 79.9. The Kier molecular flexibility index (Phi) is 8.01. The fourth-order valence-electron chi connectivity index (χ4n) is 4.58. The van der Waals surface area contributed by atoms with Gasteiger partial charge in [-0.3, -0.25) is 9.36 Å². The van der Waals surface area contributed by atoms with E-state index in [1.165, 1.54) is 12.1 Å². The summed E-state index contributed by atoms with van der Waals surface area (Å²) in [5, 5.41) is 0. The molecule has 3 aromatic carbocycles. The molecule has 40 heavy (non-hydrogen) atoms. The van der Waals surface area contributed by atoms with Gasteiger partial charge >= 0.3 is 5.97 Å². The first-order valence-electron chi connectivity index (χ1n) is 12.1. The van der Waals surface area contributed by atoms with Gasteiger partial charge in [0.15, 0.2) is 0 Å². The van der Waals surface area contributed by atoms with Gasteiger partial charge in [-0.05, 0) is 60.5 Å². The lowest BCUT2D eigenvalue weighted by Gasteiger charge is -2.28. The average molecular weight is 702 g/mol. The van der Waals surface area contributed by atoms with Crippen LogP contribution in [0.1, 0.15) is 24.0 Å². The van der Waals surface area contributed by atoms with Gasteiger partial charge in [0.25, 0.3) is 5.56 Å². The summed E-state index contributed by atoms with van der Waals surface area (Å²) in [4.78, 5) is 27.1. The quantitative estimate of drug-likeness (QED) is 0.300. The van der Waals surface area contributed by atoms with Crippen molar-refractivity contribution in [3.8, 4) is 0 Å². The molecule has 0 bridgehead atoms. The molecule has 1 aromatic heterocycles. The van der Waals surface area contributed by atoms with Crippen molar-refractivity contribution in [3.05, 3.63) is 123 Å². The number of esters is 1. The van der Waals surface area contributed by atoms with Gasteiger partial charge in [-0.1, -0.05) is 74.3 Å². The zero-order valence-electron chi connectivity index (χ0n) is 21.0. The van der Waals surface area contributed by atoms with E-state index in [0.717, 1.165) is 25.9 Å². The number of aromatic nitrogens is 1. The van der Waals surface area contributed by atoms with Crippen LogP contribution in [0.25, 0.3) is 17.5 Å². The van der Waals surface area contributed by atoms with Crippen molar-refractivity contribution >= 4 is 76.5 Å². The number of thiazole rings is 1. The third-order valence-corrected chi connectivity index (χ3v) is 10.3. The molecular weight excluding hydrogens is 680 g/mol. The van der Waals surface area contributed by atoms with Gasteiger partial charge < -0.3 is 10.5 Å². The minimum atomic E-state index is -4.28. The van der Waals surface area contributed by atoms with Gasteiger partial charge in [0, 0.05) is 8.95 Å². The van der Waals surface area contributed by atoms with Crippen LogP contribution in [-0.4, -0.2) is 25.6 Å². The Morgan fingerprint density at radius 1 is 1.02 bits per heavy atom. The summed E-state index contributed by atoms with van der Waals surface area (Å²) < 4.78 is 37.0. The number of nitrogens with two attached hydrogens (primary N) is 1. The lowest BCUT2D eigenvalue weighted by Crippen LogP contribution is -2.41. The van der Waals surface area contributed by atoms with Crippen LogP contribution in [0.4, 0.5) is 0 Å². The molecule has 0 aliphatic carbocycles. The summed E-state index contributed by atoms with van der Waals surface area (Å²) in [7, 11) is -4.28. The summed E-state index contributed by atoms with van der Waals surface area (Å²) in [6.45, 7) is 1.72. The zero-order valence-corrected chi connectivity index (χ0v) is 25.8. The number of benzene rings is 3. The van der Waals surface area contributed by atoms with Crippen molar-refractivity contribution in [3.63, 3.8) is 0 Å². The van der Waals surface area contributed by atoms with E-state index in [4.69, 9.17) is 10.5 Å². The van der Waals surface area contributed by atoms with Gasteiger partial charge in [0.05, 0.1) is 27.5 Å². The molecule has 204 valence electrons. The van der Waals surface area contributed by atoms with Gasteiger partial charge in [-0.25, -0.2) is 13.2 Å². The predicted octanol–water partition coefficient (Wildman–Crippen LogP) is 4.33. The Morgan fingerprint density at radius 3 is 2.35 bits per heavy atom. The zero-order chi connectivity index (χ0) is 28.6. The Labute approximate surface area is 251 Å². The minimum Gasteiger partial charge on any atom is -0.463 e. The van der Waals surface area contributed by atoms with E-state index in [9.17, 15) is 18.0 Å². The number of fused-ring (bicyclic) bond motifs is 1. The van der Waals surface area contributed by atoms with E-state index in [1.807, 2.05) is 24.3 Å². The highest BCUT2D eigenvalue weighted by Crippen LogP contribution is 2.42.